The van der Waals surface area contributed by atoms with Crippen LogP contribution in [0.15, 0.2) is 24.3 Å². The minimum absolute atomic E-state index is 0.285. The molecule has 1 N–H and O–H groups in total. The zero-order chi connectivity index (χ0) is 18.9. The average molecular weight is 376 g/mol. The Morgan fingerprint density at radius 2 is 1.88 bits per heavy atom. The van der Waals surface area contributed by atoms with Gasteiger partial charge in [0.05, 0.1) is 18.9 Å². The van der Waals surface area contributed by atoms with Crippen LogP contribution in [0.2, 0.25) is 0 Å². The quantitative estimate of drug-likeness (QED) is 0.517. The van der Waals surface area contributed by atoms with Crippen LogP contribution in [0, 0.1) is 6.92 Å². The molecule has 0 atom stereocenters. The van der Waals surface area contributed by atoms with Gasteiger partial charge in [0.2, 0.25) is 0 Å². The van der Waals surface area contributed by atoms with Crippen molar-refractivity contribution in [1.82, 2.24) is 4.98 Å². The van der Waals surface area contributed by atoms with Gasteiger partial charge in [-0.15, -0.1) is 0 Å². The number of carbonyl (C=O) groups excluding carboxylic acids is 2. The Labute approximate surface area is 157 Å². The summed E-state index contributed by atoms with van der Waals surface area (Å²) in [6.07, 6.45) is 3.31. The van der Waals surface area contributed by atoms with Gasteiger partial charge < -0.3 is 9.47 Å². The molecule has 0 saturated heterocycles. The Kier molecular flexibility index (Phi) is 7.59. The van der Waals surface area contributed by atoms with E-state index in [1.807, 2.05) is 0 Å². The molecule has 7 heteroatoms. The molecule has 2 aromatic rings. The van der Waals surface area contributed by atoms with Crippen molar-refractivity contribution in [2.45, 2.75) is 40.0 Å². The summed E-state index contributed by atoms with van der Waals surface area (Å²) in [5.74, 6) is 0.0339. The molecular weight excluding hydrogens is 352 g/mol. The van der Waals surface area contributed by atoms with Crippen molar-refractivity contribution in [2.75, 3.05) is 18.5 Å². The predicted molar refractivity (Wildman–Crippen MR) is 102 cm³/mol. The van der Waals surface area contributed by atoms with Crippen LogP contribution in [-0.2, 0) is 4.74 Å². The van der Waals surface area contributed by atoms with Gasteiger partial charge in [0.25, 0.3) is 5.91 Å². The number of rotatable bonds is 9. The van der Waals surface area contributed by atoms with Gasteiger partial charge in [-0.1, -0.05) is 31.1 Å². The molecule has 0 aliphatic heterocycles. The molecule has 26 heavy (non-hydrogen) atoms. The lowest BCUT2D eigenvalue weighted by Gasteiger charge is -2.06. The summed E-state index contributed by atoms with van der Waals surface area (Å²) < 4.78 is 10.6. The molecule has 0 fully saturated rings. The zero-order valence-corrected chi connectivity index (χ0v) is 16.1. The van der Waals surface area contributed by atoms with E-state index >= 15 is 0 Å². The highest BCUT2D eigenvalue weighted by atomic mass is 32.1. The fraction of sp³-hybridized carbons (Fsp3) is 0.421. The first-order valence-corrected chi connectivity index (χ1v) is 9.55. The third-order valence-electron chi connectivity index (χ3n) is 3.61. The summed E-state index contributed by atoms with van der Waals surface area (Å²) in [6, 6.07) is 6.96. The van der Waals surface area contributed by atoms with E-state index in [0.717, 1.165) is 36.3 Å². The molecule has 0 spiro atoms. The highest BCUT2D eigenvalue weighted by molar-refractivity contribution is 7.17. The van der Waals surface area contributed by atoms with Gasteiger partial charge in [0.15, 0.2) is 5.13 Å². The molecular formula is C19H24N2O4S. The molecule has 0 aliphatic carbocycles. The van der Waals surface area contributed by atoms with Crippen LogP contribution in [0.4, 0.5) is 5.13 Å². The number of anilines is 1. The van der Waals surface area contributed by atoms with Crippen LogP contribution in [0.25, 0.3) is 0 Å². The monoisotopic (exact) mass is 376 g/mol. The lowest BCUT2D eigenvalue weighted by molar-refractivity contribution is 0.0531. The Morgan fingerprint density at radius 3 is 2.54 bits per heavy atom. The van der Waals surface area contributed by atoms with Crippen LogP contribution >= 0.6 is 11.3 Å². The first-order chi connectivity index (χ1) is 12.5. The predicted octanol–water partition coefficient (Wildman–Crippen LogP) is 4.45. The standard InChI is InChI=1S/C19H24N2O4S/c1-4-6-7-12-25-15-10-8-14(9-11-15)17(22)21-19-20-13(3)16(26-19)18(23)24-5-2/h8-11H,4-7,12H2,1-3H3,(H,20,21,22). The van der Waals surface area contributed by atoms with Gasteiger partial charge in [-0.25, -0.2) is 9.78 Å². The Bertz CT molecular complexity index is 740. The molecule has 6 nitrogen and oxygen atoms in total. The first kappa shape index (κ1) is 19.9. The van der Waals surface area contributed by atoms with Crippen molar-refractivity contribution in [3.05, 3.63) is 40.4 Å². The Balaban J connectivity index is 1.95. The largest absolute Gasteiger partial charge is 0.494 e. The number of hydrogen-bond acceptors (Lipinski definition) is 6. The number of aromatic nitrogens is 1. The fourth-order valence-corrected chi connectivity index (χ4v) is 3.11. The molecule has 0 unspecified atom stereocenters. The van der Waals surface area contributed by atoms with E-state index in [1.54, 1.807) is 38.1 Å². The van der Waals surface area contributed by atoms with Gasteiger partial charge >= 0.3 is 5.97 Å². The second-order valence-electron chi connectivity index (χ2n) is 5.69. The molecule has 1 aromatic heterocycles. The minimum atomic E-state index is -0.424. The molecule has 0 aliphatic rings. The second-order valence-corrected chi connectivity index (χ2v) is 6.69. The molecule has 0 bridgehead atoms. The molecule has 1 heterocycles. The summed E-state index contributed by atoms with van der Waals surface area (Å²) in [7, 11) is 0. The summed E-state index contributed by atoms with van der Waals surface area (Å²) >= 11 is 1.11. The van der Waals surface area contributed by atoms with Crippen molar-refractivity contribution in [3.63, 3.8) is 0 Å². The molecule has 0 radical (unpaired) electrons. The zero-order valence-electron chi connectivity index (χ0n) is 15.3. The van der Waals surface area contributed by atoms with Crippen molar-refractivity contribution in [3.8, 4) is 5.75 Å². The van der Waals surface area contributed by atoms with Crippen LogP contribution in [0.3, 0.4) is 0 Å². The van der Waals surface area contributed by atoms with Gasteiger partial charge in [0, 0.05) is 5.56 Å². The van der Waals surface area contributed by atoms with Crippen molar-refractivity contribution >= 4 is 28.3 Å². The molecule has 1 amide bonds. The maximum Gasteiger partial charge on any atom is 0.350 e. The summed E-state index contributed by atoms with van der Waals surface area (Å²) in [6.45, 7) is 6.57. The van der Waals surface area contributed by atoms with Crippen molar-refractivity contribution in [1.29, 1.82) is 0 Å². The van der Waals surface area contributed by atoms with E-state index in [4.69, 9.17) is 9.47 Å². The normalized spacial score (nSPS) is 10.4. The van der Waals surface area contributed by atoms with E-state index in [2.05, 4.69) is 17.2 Å². The van der Waals surface area contributed by atoms with Crippen molar-refractivity contribution < 1.29 is 19.1 Å². The maximum absolute atomic E-state index is 12.3. The highest BCUT2D eigenvalue weighted by Gasteiger charge is 2.18. The van der Waals surface area contributed by atoms with Crippen LogP contribution in [-0.4, -0.2) is 30.1 Å². The number of thiazole rings is 1. The fourth-order valence-electron chi connectivity index (χ4n) is 2.25. The number of benzene rings is 1. The molecule has 1 aromatic carbocycles. The van der Waals surface area contributed by atoms with Crippen molar-refractivity contribution in [2.24, 2.45) is 0 Å². The third kappa shape index (κ3) is 5.56. The number of ether oxygens (including phenoxy) is 2. The molecule has 2 rings (SSSR count). The molecule has 140 valence electrons. The second kappa shape index (κ2) is 9.91. The van der Waals surface area contributed by atoms with Gasteiger partial charge in [-0.3, -0.25) is 10.1 Å². The number of carbonyl (C=O) groups is 2. The van der Waals surface area contributed by atoms with Gasteiger partial charge in [0.1, 0.15) is 10.6 Å². The minimum Gasteiger partial charge on any atom is -0.494 e. The number of hydrogen-bond donors (Lipinski definition) is 1. The number of esters is 1. The maximum atomic E-state index is 12.3. The third-order valence-corrected chi connectivity index (χ3v) is 4.66. The SMILES string of the molecule is CCCCCOc1ccc(C(=O)Nc2nc(C)c(C(=O)OCC)s2)cc1. The summed E-state index contributed by atoms with van der Waals surface area (Å²) in [5.41, 5.74) is 1.04. The lowest BCUT2D eigenvalue weighted by atomic mass is 10.2. The number of nitrogens with one attached hydrogen (secondary N) is 1. The van der Waals surface area contributed by atoms with Crippen LogP contribution in [0.1, 0.15) is 58.8 Å². The van der Waals surface area contributed by atoms with E-state index in [0.29, 0.717) is 34.5 Å². The van der Waals surface area contributed by atoms with Crippen LogP contribution < -0.4 is 10.1 Å². The smallest absolute Gasteiger partial charge is 0.350 e. The summed E-state index contributed by atoms with van der Waals surface area (Å²) in [5, 5.41) is 3.09. The number of nitrogens with zero attached hydrogens (tertiary/aromatic N) is 1. The van der Waals surface area contributed by atoms with Gasteiger partial charge in [-0.05, 0) is 44.5 Å². The lowest BCUT2D eigenvalue weighted by Crippen LogP contribution is -2.11. The Morgan fingerprint density at radius 1 is 1.15 bits per heavy atom. The summed E-state index contributed by atoms with van der Waals surface area (Å²) in [4.78, 5) is 28.8. The number of amides is 1. The van der Waals surface area contributed by atoms with E-state index in [1.165, 1.54) is 0 Å². The van der Waals surface area contributed by atoms with Gasteiger partial charge in [-0.2, -0.15) is 0 Å². The first-order valence-electron chi connectivity index (χ1n) is 8.73. The van der Waals surface area contributed by atoms with Crippen LogP contribution in [0.5, 0.6) is 5.75 Å². The number of aryl methyl sites for hydroxylation is 1. The Hall–Kier alpha value is -2.41. The average Bonchev–Trinajstić information content (AvgIpc) is 2.99. The highest BCUT2D eigenvalue weighted by Crippen LogP contribution is 2.24. The van der Waals surface area contributed by atoms with E-state index in [9.17, 15) is 9.59 Å². The topological polar surface area (TPSA) is 77.5 Å². The van der Waals surface area contributed by atoms with E-state index in [-0.39, 0.29) is 5.91 Å². The van der Waals surface area contributed by atoms with E-state index < -0.39 is 5.97 Å². The molecule has 0 saturated carbocycles. The number of unbranched alkanes of at least 4 members (excludes halogenated alkanes) is 2.